The van der Waals surface area contributed by atoms with Gasteiger partial charge in [-0.05, 0) is 56.6 Å². The van der Waals surface area contributed by atoms with Crippen molar-refractivity contribution in [3.8, 4) is 0 Å². The van der Waals surface area contributed by atoms with Gasteiger partial charge in [-0.1, -0.05) is 35.3 Å². The fraction of sp³-hybridized carbons (Fsp3) is 0.682. The van der Waals surface area contributed by atoms with Crippen molar-refractivity contribution in [2.24, 2.45) is 5.92 Å². The molecule has 0 aromatic heterocycles. The van der Waals surface area contributed by atoms with Crippen LogP contribution in [0.15, 0.2) is 18.2 Å². The van der Waals surface area contributed by atoms with E-state index in [0.29, 0.717) is 16.0 Å². The molecule has 2 aliphatic rings. The number of piperazine rings is 1. The van der Waals surface area contributed by atoms with Crippen LogP contribution in [0.2, 0.25) is 10.0 Å². The van der Waals surface area contributed by atoms with Crippen LogP contribution in [0.5, 0.6) is 0 Å². The van der Waals surface area contributed by atoms with Crippen LogP contribution in [0.25, 0.3) is 0 Å². The molecule has 1 unspecified atom stereocenters. The Morgan fingerprint density at radius 2 is 1.93 bits per heavy atom. The zero-order valence-corrected chi connectivity index (χ0v) is 19.3. The third-order valence-corrected chi connectivity index (χ3v) is 7.35. The summed E-state index contributed by atoms with van der Waals surface area (Å²) in [5.41, 5.74) is 1.03. The van der Waals surface area contributed by atoms with Crippen molar-refractivity contribution in [1.29, 1.82) is 0 Å². The first-order valence-corrected chi connectivity index (χ1v) is 11.4. The molecule has 0 radical (unpaired) electrons. The Hall–Kier alpha value is -1.01. The van der Waals surface area contributed by atoms with Crippen LogP contribution in [0.1, 0.15) is 50.6 Å². The summed E-state index contributed by atoms with van der Waals surface area (Å²) < 4.78 is 0. The number of nitrogens with zero attached hydrogens (tertiary/aromatic N) is 2. The first-order valence-electron chi connectivity index (χ1n) is 10.7. The Balaban J connectivity index is 1.69. The van der Waals surface area contributed by atoms with Crippen LogP contribution in [-0.2, 0) is 0 Å². The quantitative estimate of drug-likeness (QED) is 0.705. The number of hydrogen-bond acceptors (Lipinski definition) is 3. The molecule has 2 fully saturated rings. The molecular formula is C22H34Cl2N4O. The minimum atomic E-state index is -0.115. The van der Waals surface area contributed by atoms with Gasteiger partial charge in [-0.3, -0.25) is 4.90 Å². The van der Waals surface area contributed by atoms with Gasteiger partial charge in [0.05, 0.1) is 10.0 Å². The summed E-state index contributed by atoms with van der Waals surface area (Å²) in [4.78, 5) is 16.3. The third kappa shape index (κ3) is 5.78. The number of urea groups is 1. The molecule has 5 nitrogen and oxygen atoms in total. The van der Waals surface area contributed by atoms with Crippen molar-refractivity contribution in [3.05, 3.63) is 33.8 Å². The minimum absolute atomic E-state index is 0.00430. The summed E-state index contributed by atoms with van der Waals surface area (Å²) in [6.45, 7) is 6.24. The number of carbonyl (C=O) groups excluding carboxylic acids is 1. The van der Waals surface area contributed by atoms with Gasteiger partial charge in [0.1, 0.15) is 0 Å². The van der Waals surface area contributed by atoms with E-state index in [-0.39, 0.29) is 17.6 Å². The highest BCUT2D eigenvalue weighted by Crippen LogP contribution is 2.41. The predicted octanol–water partition coefficient (Wildman–Crippen LogP) is 4.55. The maximum atomic E-state index is 12.1. The molecule has 1 atom stereocenters. The van der Waals surface area contributed by atoms with Crippen LogP contribution in [0.3, 0.4) is 0 Å². The van der Waals surface area contributed by atoms with Gasteiger partial charge in [-0.15, -0.1) is 0 Å². The van der Waals surface area contributed by atoms with Crippen molar-refractivity contribution in [2.75, 3.05) is 40.3 Å². The van der Waals surface area contributed by atoms with Crippen molar-refractivity contribution < 1.29 is 4.79 Å². The van der Waals surface area contributed by atoms with Crippen molar-refractivity contribution in [2.45, 2.75) is 50.6 Å². The molecule has 7 heteroatoms. The SMILES string of the molecule is CN(C)C(=O)NC1(C)CCC(CC(c2cccc(Cl)c2Cl)N2CCNCC2)CC1. The monoisotopic (exact) mass is 440 g/mol. The molecule has 0 spiro atoms. The predicted molar refractivity (Wildman–Crippen MR) is 121 cm³/mol. The van der Waals surface area contributed by atoms with E-state index in [1.807, 2.05) is 12.1 Å². The average Bonchev–Trinajstić information content (AvgIpc) is 2.70. The number of hydrogen-bond donors (Lipinski definition) is 2. The Bertz CT molecular complexity index is 698. The number of amides is 2. The highest BCUT2D eigenvalue weighted by atomic mass is 35.5. The average molecular weight is 441 g/mol. The molecular weight excluding hydrogens is 407 g/mol. The Kier molecular flexibility index (Phi) is 7.71. The molecule has 1 aliphatic carbocycles. The van der Waals surface area contributed by atoms with E-state index >= 15 is 0 Å². The lowest BCUT2D eigenvalue weighted by molar-refractivity contribution is 0.122. The summed E-state index contributed by atoms with van der Waals surface area (Å²) in [6.07, 6.45) is 5.33. The van der Waals surface area contributed by atoms with Crippen molar-refractivity contribution >= 4 is 29.2 Å². The van der Waals surface area contributed by atoms with Gasteiger partial charge >= 0.3 is 6.03 Å². The number of benzene rings is 1. The van der Waals surface area contributed by atoms with E-state index in [0.717, 1.165) is 63.8 Å². The zero-order chi connectivity index (χ0) is 21.0. The molecule has 2 amide bonds. The standard InChI is InChI=1S/C22H34Cl2N4O/c1-22(26-21(29)27(2)3)9-7-16(8-10-22)15-19(28-13-11-25-12-14-28)17-5-4-6-18(23)20(17)24/h4-6,16,19,25H,7-15H2,1-3H3,(H,26,29). The molecule has 29 heavy (non-hydrogen) atoms. The van der Waals surface area contributed by atoms with Crippen LogP contribution in [0.4, 0.5) is 4.79 Å². The number of halogens is 2. The van der Waals surface area contributed by atoms with E-state index in [1.165, 1.54) is 0 Å². The summed E-state index contributed by atoms with van der Waals surface area (Å²) in [6, 6.07) is 6.28. The molecule has 1 aromatic carbocycles. The first kappa shape index (κ1) is 22.7. The van der Waals surface area contributed by atoms with Crippen molar-refractivity contribution in [1.82, 2.24) is 20.4 Å². The number of nitrogens with one attached hydrogen (secondary N) is 2. The van der Waals surface area contributed by atoms with Gasteiger partial charge < -0.3 is 15.5 Å². The van der Waals surface area contributed by atoms with Crippen LogP contribution in [-0.4, -0.2) is 61.6 Å². The smallest absolute Gasteiger partial charge is 0.317 e. The molecule has 2 N–H and O–H groups in total. The van der Waals surface area contributed by atoms with Crippen LogP contribution >= 0.6 is 23.2 Å². The van der Waals surface area contributed by atoms with Gasteiger partial charge in [0.25, 0.3) is 0 Å². The Labute approximate surface area is 185 Å². The molecule has 1 heterocycles. The first-order chi connectivity index (χ1) is 13.8. The lowest BCUT2D eigenvalue weighted by atomic mass is 9.75. The largest absolute Gasteiger partial charge is 0.333 e. The lowest BCUT2D eigenvalue weighted by Crippen LogP contribution is -2.51. The highest BCUT2D eigenvalue weighted by molar-refractivity contribution is 6.42. The zero-order valence-electron chi connectivity index (χ0n) is 17.8. The molecule has 1 saturated heterocycles. The lowest BCUT2D eigenvalue weighted by Gasteiger charge is -2.42. The minimum Gasteiger partial charge on any atom is -0.333 e. The van der Waals surface area contributed by atoms with E-state index in [4.69, 9.17) is 23.2 Å². The molecule has 3 rings (SSSR count). The summed E-state index contributed by atoms with van der Waals surface area (Å²) in [5, 5.41) is 7.98. The summed E-state index contributed by atoms with van der Waals surface area (Å²) in [7, 11) is 3.58. The van der Waals surface area contributed by atoms with E-state index in [1.54, 1.807) is 19.0 Å². The second kappa shape index (κ2) is 9.86. The normalized spacial score (nSPS) is 26.7. The molecule has 0 bridgehead atoms. The molecule has 1 aromatic rings. The van der Waals surface area contributed by atoms with Crippen LogP contribution in [0, 0.1) is 5.92 Å². The second-order valence-corrected chi connectivity index (χ2v) is 9.79. The van der Waals surface area contributed by atoms with Gasteiger partial charge in [0.2, 0.25) is 0 Å². The Morgan fingerprint density at radius 1 is 1.28 bits per heavy atom. The van der Waals surface area contributed by atoms with Gasteiger partial charge in [-0.25, -0.2) is 4.79 Å². The number of rotatable bonds is 5. The van der Waals surface area contributed by atoms with E-state index in [2.05, 4.69) is 28.5 Å². The van der Waals surface area contributed by atoms with E-state index < -0.39 is 0 Å². The highest BCUT2D eigenvalue weighted by Gasteiger charge is 2.35. The maximum Gasteiger partial charge on any atom is 0.317 e. The van der Waals surface area contributed by atoms with Gasteiger partial charge in [0, 0.05) is 51.9 Å². The maximum absolute atomic E-state index is 12.1. The fourth-order valence-corrected chi connectivity index (χ4v) is 5.04. The Morgan fingerprint density at radius 3 is 2.55 bits per heavy atom. The third-order valence-electron chi connectivity index (χ3n) is 6.51. The van der Waals surface area contributed by atoms with Gasteiger partial charge in [-0.2, -0.15) is 0 Å². The van der Waals surface area contributed by atoms with Gasteiger partial charge in [0.15, 0.2) is 0 Å². The fourth-order valence-electron chi connectivity index (χ4n) is 4.61. The summed E-state index contributed by atoms with van der Waals surface area (Å²) in [5.74, 6) is 0.620. The molecule has 1 saturated carbocycles. The molecule has 162 valence electrons. The molecule has 1 aliphatic heterocycles. The number of carbonyl (C=O) groups is 1. The van der Waals surface area contributed by atoms with E-state index in [9.17, 15) is 4.79 Å². The van der Waals surface area contributed by atoms with Crippen molar-refractivity contribution in [3.63, 3.8) is 0 Å². The topological polar surface area (TPSA) is 47.6 Å². The van der Waals surface area contributed by atoms with Crippen LogP contribution < -0.4 is 10.6 Å². The second-order valence-electron chi connectivity index (χ2n) is 9.01. The summed E-state index contributed by atoms with van der Waals surface area (Å²) >= 11 is 13.0.